The third kappa shape index (κ3) is 2.49. The summed E-state index contributed by atoms with van der Waals surface area (Å²) < 4.78 is 5.34. The van der Waals surface area contributed by atoms with E-state index >= 15 is 0 Å². The quantitative estimate of drug-likeness (QED) is 0.411. The zero-order valence-corrected chi connectivity index (χ0v) is 19.5. The zero-order valence-electron chi connectivity index (χ0n) is 19.5. The van der Waals surface area contributed by atoms with Gasteiger partial charge < -0.3 is 10.1 Å². The number of hydrogen-bond acceptors (Lipinski definition) is 7. The Bertz CT molecular complexity index is 1360. The van der Waals surface area contributed by atoms with E-state index in [0.717, 1.165) is 28.0 Å². The summed E-state index contributed by atoms with van der Waals surface area (Å²) in [4.78, 5) is 55.6. The highest BCUT2D eigenvalue weighted by Gasteiger charge is 2.74. The topological polar surface area (TPSA) is 122 Å². The molecule has 0 aromatic heterocycles. The number of benzene rings is 2. The van der Waals surface area contributed by atoms with Crippen molar-refractivity contribution in [2.45, 2.75) is 38.3 Å². The van der Waals surface area contributed by atoms with Crippen molar-refractivity contribution in [3.8, 4) is 5.75 Å². The van der Waals surface area contributed by atoms with E-state index in [1.807, 2.05) is 26.0 Å². The molecule has 3 saturated heterocycles. The molecule has 0 aliphatic carbocycles. The molecule has 4 aliphatic rings. The Labute approximate surface area is 201 Å². The molecule has 0 bridgehead atoms. The van der Waals surface area contributed by atoms with Crippen LogP contribution in [0.15, 0.2) is 30.3 Å². The summed E-state index contributed by atoms with van der Waals surface area (Å²) in [6, 6.07) is 7.42. The number of fused-ring (bicyclic) bond motifs is 7. The SMILES string of the molecule is COc1cc([N+](=O)[O-])ccc1N1C(=O)[C@@H]2[C@@H]3CCCN3[C@]3(C(=O)Nc4c3ccc(C)c4C)[C@H]2C1=O. The third-order valence-electron chi connectivity index (χ3n) is 8.31. The van der Waals surface area contributed by atoms with Crippen LogP contribution in [-0.2, 0) is 19.9 Å². The number of carbonyl (C=O) groups is 3. The van der Waals surface area contributed by atoms with Gasteiger partial charge in [-0.1, -0.05) is 12.1 Å². The monoisotopic (exact) mass is 476 g/mol. The molecular weight excluding hydrogens is 452 g/mol. The second kappa shape index (κ2) is 7.11. The van der Waals surface area contributed by atoms with Crippen molar-refractivity contribution in [2.75, 3.05) is 23.9 Å². The van der Waals surface area contributed by atoms with E-state index in [1.54, 1.807) is 0 Å². The fourth-order valence-corrected chi connectivity index (χ4v) is 6.72. The molecule has 0 radical (unpaired) electrons. The second-order valence-electron chi connectivity index (χ2n) is 9.68. The summed E-state index contributed by atoms with van der Waals surface area (Å²) in [6.07, 6.45) is 1.53. The first-order chi connectivity index (χ1) is 16.7. The Morgan fingerprint density at radius 2 is 1.91 bits per heavy atom. The van der Waals surface area contributed by atoms with Crippen molar-refractivity contribution in [1.82, 2.24) is 4.90 Å². The minimum Gasteiger partial charge on any atom is -0.494 e. The molecule has 1 N–H and O–H groups in total. The molecular formula is C25H24N4O6. The largest absolute Gasteiger partial charge is 0.494 e. The lowest BCUT2D eigenvalue weighted by Crippen LogP contribution is -2.54. The Kier molecular flexibility index (Phi) is 4.41. The lowest BCUT2D eigenvalue weighted by atomic mass is 9.75. The maximum absolute atomic E-state index is 14.1. The Morgan fingerprint density at radius 1 is 1.14 bits per heavy atom. The van der Waals surface area contributed by atoms with E-state index < -0.39 is 34.1 Å². The first-order valence-electron chi connectivity index (χ1n) is 11.6. The number of imide groups is 1. The maximum atomic E-state index is 14.1. The molecule has 180 valence electrons. The van der Waals surface area contributed by atoms with Crippen molar-refractivity contribution in [2.24, 2.45) is 11.8 Å². The van der Waals surface area contributed by atoms with Crippen LogP contribution in [-0.4, -0.2) is 47.2 Å². The summed E-state index contributed by atoms with van der Waals surface area (Å²) in [6.45, 7) is 4.53. The van der Waals surface area contributed by atoms with Gasteiger partial charge in [-0.15, -0.1) is 0 Å². The van der Waals surface area contributed by atoms with Gasteiger partial charge >= 0.3 is 0 Å². The highest BCUT2D eigenvalue weighted by atomic mass is 16.6. The van der Waals surface area contributed by atoms with Crippen molar-refractivity contribution in [1.29, 1.82) is 0 Å². The van der Waals surface area contributed by atoms with Crippen LogP contribution in [0.2, 0.25) is 0 Å². The predicted molar refractivity (Wildman–Crippen MR) is 125 cm³/mol. The molecule has 6 rings (SSSR count). The minimum absolute atomic E-state index is 0.0564. The van der Waals surface area contributed by atoms with Gasteiger partial charge in [0.15, 0.2) is 0 Å². The van der Waals surface area contributed by atoms with Gasteiger partial charge in [0.25, 0.3) is 5.69 Å². The van der Waals surface area contributed by atoms with Gasteiger partial charge in [-0.2, -0.15) is 0 Å². The maximum Gasteiger partial charge on any atom is 0.273 e. The number of rotatable bonds is 3. The minimum atomic E-state index is -1.27. The molecule has 3 fully saturated rings. The molecule has 10 nitrogen and oxygen atoms in total. The summed E-state index contributed by atoms with van der Waals surface area (Å²) in [5.41, 5.74) is 2.10. The number of aryl methyl sites for hydroxylation is 1. The van der Waals surface area contributed by atoms with Crippen molar-refractivity contribution < 1.29 is 24.0 Å². The van der Waals surface area contributed by atoms with E-state index in [1.165, 1.54) is 25.3 Å². The van der Waals surface area contributed by atoms with Crippen LogP contribution in [0.4, 0.5) is 17.1 Å². The van der Waals surface area contributed by atoms with Crippen LogP contribution in [0.5, 0.6) is 5.75 Å². The van der Waals surface area contributed by atoms with Gasteiger partial charge in [0.1, 0.15) is 11.3 Å². The number of anilines is 2. The molecule has 4 atom stereocenters. The molecule has 2 aromatic carbocycles. The summed E-state index contributed by atoms with van der Waals surface area (Å²) in [5.74, 6) is -2.69. The number of nitro groups is 1. The smallest absolute Gasteiger partial charge is 0.273 e. The van der Waals surface area contributed by atoms with Gasteiger partial charge in [0.2, 0.25) is 17.7 Å². The second-order valence-corrected chi connectivity index (χ2v) is 9.68. The van der Waals surface area contributed by atoms with Crippen molar-refractivity contribution >= 4 is 34.8 Å². The Morgan fingerprint density at radius 3 is 2.63 bits per heavy atom. The number of amides is 3. The molecule has 2 aromatic rings. The molecule has 1 spiro atoms. The van der Waals surface area contributed by atoms with Crippen LogP contribution < -0.4 is 15.0 Å². The first-order valence-corrected chi connectivity index (χ1v) is 11.6. The van der Waals surface area contributed by atoms with Crippen molar-refractivity contribution in [3.63, 3.8) is 0 Å². The predicted octanol–water partition coefficient (Wildman–Crippen LogP) is 2.65. The van der Waals surface area contributed by atoms with E-state index in [4.69, 9.17) is 4.74 Å². The zero-order chi connectivity index (χ0) is 24.8. The van der Waals surface area contributed by atoms with Crippen LogP contribution in [0.25, 0.3) is 0 Å². The summed E-state index contributed by atoms with van der Waals surface area (Å²) in [7, 11) is 1.33. The summed E-state index contributed by atoms with van der Waals surface area (Å²) >= 11 is 0. The van der Waals surface area contributed by atoms with Crippen LogP contribution in [0, 0.1) is 35.8 Å². The number of nitro benzene ring substituents is 1. The lowest BCUT2D eigenvalue weighted by Gasteiger charge is -2.36. The Balaban J connectivity index is 1.54. The van der Waals surface area contributed by atoms with Crippen molar-refractivity contribution in [3.05, 3.63) is 57.1 Å². The van der Waals surface area contributed by atoms with E-state index in [0.29, 0.717) is 18.7 Å². The summed E-state index contributed by atoms with van der Waals surface area (Å²) in [5, 5.41) is 14.3. The van der Waals surface area contributed by atoms with Gasteiger partial charge in [0, 0.05) is 23.4 Å². The molecule has 0 saturated carbocycles. The van der Waals surface area contributed by atoms with Crippen LogP contribution in [0.1, 0.15) is 29.5 Å². The molecule has 10 heteroatoms. The lowest BCUT2D eigenvalue weighted by molar-refractivity contribution is -0.384. The molecule has 0 unspecified atom stereocenters. The van der Waals surface area contributed by atoms with Gasteiger partial charge in [-0.25, -0.2) is 4.90 Å². The number of nitrogens with one attached hydrogen (secondary N) is 1. The average Bonchev–Trinajstić information content (AvgIpc) is 3.54. The number of nitrogens with zero attached hydrogens (tertiary/aromatic N) is 3. The fraction of sp³-hybridized carbons (Fsp3) is 0.400. The average molecular weight is 476 g/mol. The molecule has 4 aliphatic heterocycles. The normalized spacial score (nSPS) is 28.9. The fourth-order valence-electron chi connectivity index (χ4n) is 6.72. The van der Waals surface area contributed by atoms with Gasteiger partial charge in [-0.05, 0) is 50.4 Å². The number of hydrogen-bond donors (Lipinski definition) is 1. The Hall–Kier alpha value is -3.79. The number of ether oxygens (including phenoxy) is 1. The molecule has 4 heterocycles. The highest BCUT2D eigenvalue weighted by Crippen LogP contribution is 2.61. The van der Waals surface area contributed by atoms with Crippen LogP contribution >= 0.6 is 0 Å². The molecule has 35 heavy (non-hydrogen) atoms. The van der Waals surface area contributed by atoms with E-state index in [9.17, 15) is 24.5 Å². The van der Waals surface area contributed by atoms with E-state index in [2.05, 4.69) is 10.2 Å². The van der Waals surface area contributed by atoms with Gasteiger partial charge in [0.05, 0.1) is 35.6 Å². The highest BCUT2D eigenvalue weighted by molar-refractivity contribution is 6.26. The first kappa shape index (κ1) is 21.7. The molecule has 3 amide bonds. The number of carbonyl (C=O) groups excluding carboxylic acids is 3. The standard InChI is InChI=1S/C25H24N4O6/c1-12-6-8-15-21(13(12)2)26-24(32)25(15)20-19(17-5-4-10-27(17)25)22(30)28(23(20)31)16-9-7-14(29(33)34)11-18(16)35-3/h6-9,11,17,19-20H,4-5,10H2,1-3H3,(H,26,32)/t17-,19+,20+,25-/m0/s1. The van der Waals surface area contributed by atoms with E-state index in [-0.39, 0.29) is 29.1 Å². The van der Waals surface area contributed by atoms with Crippen LogP contribution in [0.3, 0.4) is 0 Å². The number of methoxy groups -OCH3 is 1. The number of non-ortho nitro benzene ring substituents is 1. The van der Waals surface area contributed by atoms with Gasteiger partial charge in [-0.3, -0.25) is 29.4 Å². The third-order valence-corrected chi connectivity index (χ3v) is 8.31.